The van der Waals surface area contributed by atoms with E-state index in [-0.39, 0.29) is 25.4 Å². The van der Waals surface area contributed by atoms with Crippen LogP contribution >= 0.6 is 0 Å². The minimum Gasteiger partial charge on any atom is -0.481 e. The van der Waals surface area contributed by atoms with Gasteiger partial charge in [0.05, 0.1) is 6.04 Å². The molecule has 1 amide bonds. The number of fused-ring (bicyclic) bond motifs is 3. The molecule has 2 heterocycles. The van der Waals surface area contributed by atoms with Crippen LogP contribution in [0.15, 0.2) is 18.2 Å². The number of carboxylic acids is 1. The Balaban J connectivity index is 1.59. The number of ether oxygens (including phenoxy) is 2. The number of likely N-dealkylation sites (N-methyl/N-ethyl adjacent to an activating group) is 1. The van der Waals surface area contributed by atoms with Crippen molar-refractivity contribution < 1.29 is 29.0 Å². The third kappa shape index (κ3) is 5.53. The SMILES string of the molecule is CC(=O)OC[C@H](CCC(=O)O)N(C)C(=O)c1ccc2c(c1)c1c(n2C)CC[C@@H](C2CCOCC2)C1. The van der Waals surface area contributed by atoms with E-state index >= 15 is 0 Å². The lowest BCUT2D eigenvalue weighted by Crippen LogP contribution is -2.40. The predicted octanol–water partition coefficient (Wildman–Crippen LogP) is 3.58. The van der Waals surface area contributed by atoms with Gasteiger partial charge >= 0.3 is 11.9 Å². The standard InChI is InChI=1S/C27H36N2O6/c1-17(30)35-16-21(6-9-26(31)32)28(2)27(33)20-5-8-25-23(15-20)22-14-19(4-7-24(22)29(25)3)18-10-12-34-13-11-18/h5,8,15,18-19,21H,4,6-7,9-14,16H2,1-3H3,(H,31,32)/t19-,21+/m1/s1. The fraction of sp³-hybridized carbons (Fsp3) is 0.593. The molecule has 1 saturated heterocycles. The van der Waals surface area contributed by atoms with E-state index in [1.165, 1.54) is 29.5 Å². The molecule has 190 valence electrons. The average molecular weight is 485 g/mol. The molecule has 4 rings (SSSR count). The van der Waals surface area contributed by atoms with Crippen molar-refractivity contribution in [2.75, 3.05) is 26.9 Å². The summed E-state index contributed by atoms with van der Waals surface area (Å²) < 4.78 is 13.0. The molecule has 8 nitrogen and oxygen atoms in total. The average Bonchev–Trinajstić information content (AvgIpc) is 3.14. The molecule has 0 spiro atoms. The number of rotatable bonds is 8. The molecule has 1 aromatic heterocycles. The van der Waals surface area contributed by atoms with Gasteiger partial charge in [0, 0.05) is 62.8 Å². The summed E-state index contributed by atoms with van der Waals surface area (Å²) in [5.41, 5.74) is 4.40. The largest absolute Gasteiger partial charge is 0.481 e. The van der Waals surface area contributed by atoms with E-state index in [9.17, 15) is 14.4 Å². The van der Waals surface area contributed by atoms with Gasteiger partial charge in [-0.1, -0.05) is 0 Å². The Kier molecular flexibility index (Phi) is 7.79. The van der Waals surface area contributed by atoms with Gasteiger partial charge in [-0.2, -0.15) is 0 Å². The molecule has 1 N–H and O–H groups in total. The lowest BCUT2D eigenvalue weighted by atomic mass is 9.75. The fourth-order valence-corrected chi connectivity index (χ4v) is 5.79. The van der Waals surface area contributed by atoms with Gasteiger partial charge in [0.25, 0.3) is 5.91 Å². The number of hydrogen-bond donors (Lipinski definition) is 1. The maximum Gasteiger partial charge on any atom is 0.303 e. The second-order valence-electron chi connectivity index (χ2n) is 9.97. The number of carbonyl (C=O) groups excluding carboxylic acids is 2. The van der Waals surface area contributed by atoms with Crippen molar-refractivity contribution in [2.24, 2.45) is 18.9 Å². The van der Waals surface area contributed by atoms with Crippen LogP contribution in [0.1, 0.15) is 60.6 Å². The van der Waals surface area contributed by atoms with Gasteiger partial charge in [-0.15, -0.1) is 0 Å². The molecule has 2 atom stereocenters. The normalized spacial score (nSPS) is 19.2. The predicted molar refractivity (Wildman–Crippen MR) is 131 cm³/mol. The number of hydrogen-bond acceptors (Lipinski definition) is 5. The van der Waals surface area contributed by atoms with E-state index in [0.717, 1.165) is 49.8 Å². The van der Waals surface area contributed by atoms with Crippen molar-refractivity contribution >= 4 is 28.7 Å². The third-order valence-electron chi connectivity index (χ3n) is 7.87. The van der Waals surface area contributed by atoms with Crippen molar-refractivity contribution in [3.05, 3.63) is 35.0 Å². The van der Waals surface area contributed by atoms with Crippen LogP contribution in [-0.2, 0) is 39.0 Å². The van der Waals surface area contributed by atoms with Crippen LogP contribution < -0.4 is 0 Å². The minimum absolute atomic E-state index is 0.0272. The molecule has 0 unspecified atom stereocenters. The maximum absolute atomic E-state index is 13.4. The third-order valence-corrected chi connectivity index (χ3v) is 7.87. The van der Waals surface area contributed by atoms with Crippen molar-refractivity contribution in [2.45, 2.75) is 57.9 Å². The summed E-state index contributed by atoms with van der Waals surface area (Å²) in [6.45, 7) is 2.98. The minimum atomic E-state index is -0.949. The fourth-order valence-electron chi connectivity index (χ4n) is 5.79. The molecular weight excluding hydrogens is 448 g/mol. The number of carbonyl (C=O) groups is 3. The molecule has 1 fully saturated rings. The maximum atomic E-state index is 13.4. The number of aliphatic carboxylic acids is 1. The molecule has 35 heavy (non-hydrogen) atoms. The molecule has 8 heteroatoms. The van der Waals surface area contributed by atoms with Crippen LogP contribution in [0.2, 0.25) is 0 Å². The molecule has 0 radical (unpaired) electrons. The van der Waals surface area contributed by atoms with Gasteiger partial charge < -0.3 is 24.0 Å². The first-order valence-electron chi connectivity index (χ1n) is 12.6. The molecule has 1 aliphatic heterocycles. The summed E-state index contributed by atoms with van der Waals surface area (Å²) in [5.74, 6) is -0.274. The lowest BCUT2D eigenvalue weighted by molar-refractivity contribution is -0.142. The number of nitrogens with zero attached hydrogens (tertiary/aromatic N) is 2. The molecular formula is C27H36N2O6. The van der Waals surface area contributed by atoms with Crippen LogP contribution in [0, 0.1) is 11.8 Å². The Morgan fingerprint density at radius 1 is 1.20 bits per heavy atom. The summed E-state index contributed by atoms with van der Waals surface area (Å²) in [4.78, 5) is 37.4. The summed E-state index contributed by atoms with van der Waals surface area (Å²) >= 11 is 0. The first-order chi connectivity index (χ1) is 16.8. The van der Waals surface area contributed by atoms with Crippen molar-refractivity contribution in [1.82, 2.24) is 9.47 Å². The van der Waals surface area contributed by atoms with Gasteiger partial charge in [0.15, 0.2) is 0 Å². The van der Waals surface area contributed by atoms with Gasteiger partial charge in [0.2, 0.25) is 0 Å². The Hall–Kier alpha value is -2.87. The second-order valence-corrected chi connectivity index (χ2v) is 9.97. The summed E-state index contributed by atoms with van der Waals surface area (Å²) in [6.07, 6.45) is 5.61. The molecule has 0 saturated carbocycles. The number of aromatic nitrogens is 1. The van der Waals surface area contributed by atoms with Crippen LogP contribution in [0.3, 0.4) is 0 Å². The summed E-state index contributed by atoms with van der Waals surface area (Å²) in [5, 5.41) is 10.2. The first-order valence-corrected chi connectivity index (χ1v) is 12.6. The van der Waals surface area contributed by atoms with Gasteiger partial charge in [-0.25, -0.2) is 0 Å². The highest BCUT2D eigenvalue weighted by Gasteiger charge is 2.31. The van der Waals surface area contributed by atoms with Crippen molar-refractivity contribution in [3.63, 3.8) is 0 Å². The Morgan fingerprint density at radius 2 is 1.94 bits per heavy atom. The summed E-state index contributed by atoms with van der Waals surface area (Å²) in [7, 11) is 3.74. The Labute approximate surface area is 206 Å². The van der Waals surface area contributed by atoms with E-state index in [0.29, 0.717) is 17.4 Å². The number of aryl methyl sites for hydroxylation is 1. The van der Waals surface area contributed by atoms with Crippen molar-refractivity contribution in [3.8, 4) is 0 Å². The quantitative estimate of drug-likeness (QED) is 0.575. The second kappa shape index (κ2) is 10.8. The van der Waals surface area contributed by atoms with Crippen LogP contribution in [0.4, 0.5) is 0 Å². The van der Waals surface area contributed by atoms with Gasteiger partial charge in [-0.05, 0) is 74.1 Å². The van der Waals surface area contributed by atoms with Crippen LogP contribution in [-0.4, -0.2) is 65.3 Å². The van der Waals surface area contributed by atoms with Crippen molar-refractivity contribution in [1.29, 1.82) is 0 Å². The first kappa shape index (κ1) is 25.2. The van der Waals surface area contributed by atoms with E-state index < -0.39 is 18.0 Å². The van der Waals surface area contributed by atoms with E-state index in [4.69, 9.17) is 14.6 Å². The van der Waals surface area contributed by atoms with Gasteiger partial charge in [-0.3, -0.25) is 14.4 Å². The van der Waals surface area contributed by atoms with Crippen LogP contribution in [0.25, 0.3) is 10.9 Å². The number of benzene rings is 1. The zero-order valence-corrected chi connectivity index (χ0v) is 20.9. The molecule has 1 aliphatic carbocycles. The topological polar surface area (TPSA) is 98.1 Å². The number of carboxylic acid groups (broad SMARTS) is 1. The monoisotopic (exact) mass is 484 g/mol. The van der Waals surface area contributed by atoms with Gasteiger partial charge in [0.1, 0.15) is 6.61 Å². The van der Waals surface area contributed by atoms with E-state index in [2.05, 4.69) is 11.6 Å². The molecule has 2 aliphatic rings. The number of amides is 1. The smallest absolute Gasteiger partial charge is 0.303 e. The molecule has 2 aromatic rings. The van der Waals surface area contributed by atoms with E-state index in [1.807, 2.05) is 18.2 Å². The molecule has 0 bridgehead atoms. The lowest BCUT2D eigenvalue weighted by Gasteiger charge is -2.33. The highest BCUT2D eigenvalue weighted by Crippen LogP contribution is 2.39. The van der Waals surface area contributed by atoms with Crippen LogP contribution in [0.5, 0.6) is 0 Å². The Bertz CT molecular complexity index is 1080. The highest BCUT2D eigenvalue weighted by atomic mass is 16.5. The Morgan fingerprint density at radius 3 is 2.63 bits per heavy atom. The zero-order valence-electron chi connectivity index (χ0n) is 20.9. The number of esters is 1. The zero-order chi connectivity index (χ0) is 25.1. The van der Waals surface area contributed by atoms with E-state index in [1.54, 1.807) is 7.05 Å². The summed E-state index contributed by atoms with van der Waals surface area (Å²) in [6, 6.07) is 5.32. The molecule has 1 aromatic carbocycles. The highest BCUT2D eigenvalue weighted by molar-refractivity contribution is 5.99.